The van der Waals surface area contributed by atoms with Gasteiger partial charge in [0.2, 0.25) is 0 Å². The average Bonchev–Trinajstić information content (AvgIpc) is 2.65. The Morgan fingerprint density at radius 3 is 3.00 bits per heavy atom. The molecule has 2 fully saturated rings. The van der Waals surface area contributed by atoms with Crippen LogP contribution in [0.25, 0.3) is 0 Å². The van der Waals surface area contributed by atoms with E-state index in [1.165, 1.54) is 19.4 Å². The summed E-state index contributed by atoms with van der Waals surface area (Å²) in [4.78, 5) is 2.47. The zero-order valence-corrected chi connectivity index (χ0v) is 9.52. The van der Waals surface area contributed by atoms with Crippen LogP contribution in [-0.2, 0) is 9.47 Å². The molecule has 0 aromatic rings. The number of methoxy groups -OCH3 is 1. The van der Waals surface area contributed by atoms with Gasteiger partial charge in [-0.15, -0.1) is 0 Å². The predicted molar refractivity (Wildman–Crippen MR) is 58.8 cm³/mol. The molecule has 2 aliphatic heterocycles. The summed E-state index contributed by atoms with van der Waals surface area (Å²) in [6, 6.07) is 0.230. The maximum atomic E-state index is 5.98. The second-order valence-electron chi connectivity index (χ2n) is 4.72. The summed E-state index contributed by atoms with van der Waals surface area (Å²) in [5.41, 5.74) is 5.98. The van der Waals surface area contributed by atoms with E-state index in [-0.39, 0.29) is 6.04 Å². The van der Waals surface area contributed by atoms with Crippen LogP contribution in [-0.4, -0.2) is 57.0 Å². The molecule has 4 nitrogen and oxygen atoms in total. The fourth-order valence-electron chi connectivity index (χ4n) is 2.51. The van der Waals surface area contributed by atoms with E-state index < -0.39 is 0 Å². The highest BCUT2D eigenvalue weighted by molar-refractivity contribution is 4.83. The molecule has 0 aromatic heterocycles. The van der Waals surface area contributed by atoms with Crippen molar-refractivity contribution >= 4 is 0 Å². The molecule has 2 saturated heterocycles. The Bertz CT molecular complexity index is 201. The summed E-state index contributed by atoms with van der Waals surface area (Å²) in [5.74, 6) is 0.514. The summed E-state index contributed by atoms with van der Waals surface area (Å²) in [6.07, 6.45) is 2.85. The SMILES string of the molecule is COC1CCCN(CC2COCC2N)C1. The van der Waals surface area contributed by atoms with Crippen molar-refractivity contribution in [3.05, 3.63) is 0 Å². The lowest BCUT2D eigenvalue weighted by molar-refractivity contribution is 0.0246. The number of piperidine rings is 1. The Kier molecular flexibility index (Phi) is 3.97. The summed E-state index contributed by atoms with van der Waals surface area (Å²) >= 11 is 0. The van der Waals surface area contributed by atoms with Gasteiger partial charge in [0.1, 0.15) is 0 Å². The lowest BCUT2D eigenvalue weighted by atomic mass is 10.0. The third kappa shape index (κ3) is 2.91. The Hall–Kier alpha value is -0.160. The molecule has 0 amide bonds. The Morgan fingerprint density at radius 1 is 1.47 bits per heavy atom. The quantitative estimate of drug-likeness (QED) is 0.722. The van der Waals surface area contributed by atoms with Gasteiger partial charge >= 0.3 is 0 Å². The Balaban J connectivity index is 1.78. The summed E-state index contributed by atoms with van der Waals surface area (Å²) in [5, 5.41) is 0. The second kappa shape index (κ2) is 5.25. The molecule has 2 rings (SSSR count). The monoisotopic (exact) mass is 214 g/mol. The molecule has 2 aliphatic rings. The first-order valence-electron chi connectivity index (χ1n) is 5.88. The first kappa shape index (κ1) is 11.3. The van der Waals surface area contributed by atoms with Crippen LogP contribution in [0.2, 0.25) is 0 Å². The van der Waals surface area contributed by atoms with Crippen LogP contribution in [0.4, 0.5) is 0 Å². The molecule has 0 aliphatic carbocycles. The number of ether oxygens (including phenoxy) is 2. The highest BCUT2D eigenvalue weighted by Crippen LogP contribution is 2.18. The predicted octanol–water partition coefficient (Wildman–Crippen LogP) is 0.0709. The maximum absolute atomic E-state index is 5.98. The Labute approximate surface area is 91.7 Å². The second-order valence-corrected chi connectivity index (χ2v) is 4.72. The smallest absolute Gasteiger partial charge is 0.0698 e. The van der Waals surface area contributed by atoms with Crippen LogP contribution >= 0.6 is 0 Å². The van der Waals surface area contributed by atoms with Crippen molar-refractivity contribution < 1.29 is 9.47 Å². The highest BCUT2D eigenvalue weighted by atomic mass is 16.5. The lowest BCUT2D eigenvalue weighted by Gasteiger charge is -2.33. The molecule has 0 bridgehead atoms. The molecule has 0 spiro atoms. The lowest BCUT2D eigenvalue weighted by Crippen LogP contribution is -2.45. The van der Waals surface area contributed by atoms with E-state index in [9.17, 15) is 0 Å². The third-order valence-electron chi connectivity index (χ3n) is 3.54. The van der Waals surface area contributed by atoms with E-state index in [1.807, 2.05) is 0 Å². The molecular weight excluding hydrogens is 192 g/mol. The van der Waals surface area contributed by atoms with Gasteiger partial charge in [-0.2, -0.15) is 0 Å². The van der Waals surface area contributed by atoms with Gasteiger partial charge in [-0.25, -0.2) is 0 Å². The molecule has 15 heavy (non-hydrogen) atoms. The molecule has 0 aromatic carbocycles. The molecule has 88 valence electrons. The van der Waals surface area contributed by atoms with Crippen LogP contribution in [0.5, 0.6) is 0 Å². The maximum Gasteiger partial charge on any atom is 0.0698 e. The van der Waals surface area contributed by atoms with E-state index in [1.54, 1.807) is 7.11 Å². The van der Waals surface area contributed by atoms with Gasteiger partial charge in [0.25, 0.3) is 0 Å². The summed E-state index contributed by atoms with van der Waals surface area (Å²) < 4.78 is 10.8. The summed E-state index contributed by atoms with van der Waals surface area (Å²) in [7, 11) is 1.80. The third-order valence-corrected chi connectivity index (χ3v) is 3.54. The van der Waals surface area contributed by atoms with Crippen LogP contribution < -0.4 is 5.73 Å². The number of hydrogen-bond acceptors (Lipinski definition) is 4. The molecule has 3 unspecified atom stereocenters. The fourth-order valence-corrected chi connectivity index (χ4v) is 2.51. The number of hydrogen-bond donors (Lipinski definition) is 1. The van der Waals surface area contributed by atoms with E-state index in [0.717, 1.165) is 26.3 Å². The van der Waals surface area contributed by atoms with E-state index in [2.05, 4.69) is 4.90 Å². The Morgan fingerprint density at radius 2 is 2.33 bits per heavy atom. The fraction of sp³-hybridized carbons (Fsp3) is 1.00. The molecule has 0 radical (unpaired) electrons. The van der Waals surface area contributed by atoms with Crippen LogP contribution in [0.15, 0.2) is 0 Å². The molecule has 2 heterocycles. The molecule has 2 N–H and O–H groups in total. The number of likely N-dealkylation sites (tertiary alicyclic amines) is 1. The molecular formula is C11H22N2O2. The number of nitrogens with zero attached hydrogens (tertiary/aromatic N) is 1. The van der Waals surface area contributed by atoms with E-state index in [4.69, 9.17) is 15.2 Å². The standard InChI is InChI=1S/C11H22N2O2/c1-14-10-3-2-4-13(6-10)5-9-7-15-8-11(9)12/h9-11H,2-8,12H2,1H3. The van der Waals surface area contributed by atoms with Crippen LogP contribution in [0.1, 0.15) is 12.8 Å². The van der Waals surface area contributed by atoms with Crippen LogP contribution in [0.3, 0.4) is 0 Å². The first-order valence-corrected chi connectivity index (χ1v) is 5.88. The number of rotatable bonds is 3. The average molecular weight is 214 g/mol. The van der Waals surface area contributed by atoms with Gasteiger partial charge in [0.15, 0.2) is 0 Å². The largest absolute Gasteiger partial charge is 0.380 e. The van der Waals surface area contributed by atoms with E-state index >= 15 is 0 Å². The molecule has 3 atom stereocenters. The minimum absolute atomic E-state index is 0.230. The van der Waals surface area contributed by atoms with Crippen molar-refractivity contribution in [2.75, 3.05) is 40.0 Å². The van der Waals surface area contributed by atoms with Gasteiger partial charge in [0, 0.05) is 32.2 Å². The van der Waals surface area contributed by atoms with Gasteiger partial charge in [-0.1, -0.05) is 0 Å². The van der Waals surface area contributed by atoms with Crippen molar-refractivity contribution in [3.8, 4) is 0 Å². The van der Waals surface area contributed by atoms with Crippen molar-refractivity contribution in [2.24, 2.45) is 11.7 Å². The van der Waals surface area contributed by atoms with Crippen LogP contribution in [0, 0.1) is 5.92 Å². The van der Waals surface area contributed by atoms with Gasteiger partial charge in [-0.05, 0) is 19.4 Å². The minimum Gasteiger partial charge on any atom is -0.380 e. The van der Waals surface area contributed by atoms with Gasteiger partial charge in [-0.3, -0.25) is 0 Å². The van der Waals surface area contributed by atoms with E-state index in [0.29, 0.717) is 12.0 Å². The van der Waals surface area contributed by atoms with Crippen molar-refractivity contribution in [1.29, 1.82) is 0 Å². The minimum atomic E-state index is 0.230. The zero-order chi connectivity index (χ0) is 10.7. The highest BCUT2D eigenvalue weighted by Gasteiger charge is 2.28. The molecule has 4 heteroatoms. The summed E-state index contributed by atoms with van der Waals surface area (Å²) in [6.45, 7) is 4.87. The first-order chi connectivity index (χ1) is 7.29. The van der Waals surface area contributed by atoms with Gasteiger partial charge < -0.3 is 20.1 Å². The zero-order valence-electron chi connectivity index (χ0n) is 9.52. The normalized spacial score (nSPS) is 38.4. The van der Waals surface area contributed by atoms with Crippen molar-refractivity contribution in [1.82, 2.24) is 4.90 Å². The van der Waals surface area contributed by atoms with Gasteiger partial charge in [0.05, 0.1) is 19.3 Å². The van der Waals surface area contributed by atoms with Crippen molar-refractivity contribution in [2.45, 2.75) is 25.0 Å². The number of nitrogens with two attached hydrogens (primary N) is 1. The topological polar surface area (TPSA) is 47.7 Å². The van der Waals surface area contributed by atoms with Crippen molar-refractivity contribution in [3.63, 3.8) is 0 Å². The molecule has 0 saturated carbocycles.